The number of nitrogens with one attached hydrogen (secondary N) is 7. The standard InChI is InChI=1S/C28H29ClN4O4.C21H18ClN3O4.C15H13NO2.C13H16ClN3O2.C11H10BrNO2.C10H9ClN2O2.C2H6O/c29-21-15-18(22-10-12-27(35)33-32-22)9-11-25(21)36-14-4-13-30-16-19(34)17-37-26-8-3-7-24-28(26)20-5-1-2-6-23(20)31-24;22-16-12-13(17-7-9-19(26)24-23-17)6-8-18(16)29-11-3-10-25-20(27)14-4-1-2-5-15(14)21(25)28;1-2-5-12-11(4-1)15-13(16-12)6-3-7-14(15)18-9-10-8-17-10;14-10-8-9(11-3-5-13(18)17-16-11)2-4-12(10)19-7-1-6-15;12-6-3-7-13-10(14)8-4-1-2-5-9(8)11(13)15;11-7-5-6(1-3-9(7)14)8-2-4-10(15)13-12-8;1-2-3/h1-3,5-9,11,15,19,30-31,34H,4,10,12-14,16-17H2,(H,33,35);1-2,4-6,8,12H,3,7,9-11H2,(H,24,26);1-7,10,16H,8-9H2;2,4,8H,1,3,5-7,15H2,(H,17,18);1-2,4-5H,3,6-7H2;1,3,5,14H,2,4H2,(H,13,15);3H,2H2,1H3/t19-;;;;;;/m0....../s1. The number of epoxide rings is 1. The molecule has 1 unspecified atom stereocenters. The van der Waals surface area contributed by atoms with Gasteiger partial charge in [0.15, 0.2) is 0 Å². The number of carbonyl (C=O) groups excluding carboxylic acids is 8. The van der Waals surface area contributed by atoms with E-state index in [-0.39, 0.29) is 83.9 Å². The molecule has 1 fully saturated rings. The largest absolute Gasteiger partial charge is 0.506 e. The lowest BCUT2D eigenvalue weighted by atomic mass is 10.0. The Hall–Kier alpha value is -13.1. The first-order valence-corrected chi connectivity index (χ1v) is 46.9. The minimum atomic E-state index is -0.643. The summed E-state index contributed by atoms with van der Waals surface area (Å²) >= 11 is 27.9. The predicted molar refractivity (Wildman–Crippen MR) is 529 cm³/mol. The lowest BCUT2D eigenvalue weighted by Crippen LogP contribution is -2.32. The Balaban J connectivity index is 0.000000142. The molecule has 12 aromatic rings. The molecule has 0 aliphatic carbocycles. The van der Waals surface area contributed by atoms with E-state index in [2.05, 4.69) is 104 Å². The van der Waals surface area contributed by atoms with E-state index in [0.29, 0.717) is 165 Å². The topological polar surface area (TPSA) is 430 Å². The van der Waals surface area contributed by atoms with Crippen molar-refractivity contribution in [2.45, 2.75) is 96.2 Å². The Morgan fingerprint density at radius 3 is 1.18 bits per heavy atom. The molecule has 31 nitrogen and oxygen atoms in total. The second kappa shape index (κ2) is 49.9. The maximum Gasteiger partial charge on any atom is 0.261 e. The highest BCUT2D eigenvalue weighted by molar-refractivity contribution is 9.09. The van der Waals surface area contributed by atoms with Crippen LogP contribution in [-0.2, 0) is 23.9 Å². The number of phenols is 1. The van der Waals surface area contributed by atoms with Crippen LogP contribution in [-0.4, -0.2) is 202 Å². The molecule has 9 heterocycles. The Bertz CT molecular complexity index is 6390. The number of aromatic hydroxyl groups is 1. The fraction of sp³-hybridized carbons (Fsp3) is 0.280. The Morgan fingerprint density at radius 2 is 0.809 bits per heavy atom. The number of rotatable bonds is 29. The van der Waals surface area contributed by atoms with Crippen LogP contribution in [0.15, 0.2) is 227 Å². The zero-order chi connectivity index (χ0) is 96.0. The van der Waals surface area contributed by atoms with E-state index in [9.17, 15) is 48.6 Å². The van der Waals surface area contributed by atoms with Gasteiger partial charge < -0.3 is 64.8 Å². The van der Waals surface area contributed by atoms with Gasteiger partial charge in [-0.15, -0.1) is 0 Å². The Morgan fingerprint density at radius 1 is 0.449 bits per heavy atom. The molecule has 2 aromatic heterocycles. The normalized spacial score (nSPS) is 15.3. The van der Waals surface area contributed by atoms with Gasteiger partial charge in [-0.3, -0.25) is 48.2 Å². The molecule has 1 saturated heterocycles. The van der Waals surface area contributed by atoms with Crippen molar-refractivity contribution in [1.29, 1.82) is 0 Å². The third kappa shape index (κ3) is 27.2. The van der Waals surface area contributed by atoms with Crippen LogP contribution in [0.2, 0.25) is 20.1 Å². The van der Waals surface area contributed by atoms with Crippen molar-refractivity contribution >= 4 is 176 Å². The number of para-hydroxylation sites is 2. The number of benzene rings is 10. The molecule has 136 heavy (non-hydrogen) atoms. The molecular formula is C100H101BrCl4N14O17. The van der Waals surface area contributed by atoms with Crippen LogP contribution in [0.5, 0.6) is 34.5 Å². The molecule has 36 heteroatoms. The molecule has 0 bridgehead atoms. The maximum absolute atomic E-state index is 12.3. The number of aromatic nitrogens is 2. The fourth-order valence-corrected chi connectivity index (χ4v) is 15.9. The SMILES string of the molecule is CCO.NCCCOc1ccc(C2=NNC(=O)CC2)cc1Cl.O=C1CCC(c2ccc(O)c(Cl)c2)=NN1.O=C1CCC(c2ccc(OCCCN3C(=O)c4ccccc4C3=O)c(Cl)c2)=NN1.O=C1CCC(c2ccc(OCCCNC[C@H](O)COc3cccc4[nH]c5ccccc5c34)c(Cl)c2)=NN1.O=C1c2ccccc2C(=O)N1CCCBr.c1ccc2c(c1)[nH]c1cccc(OCC3CO3)c12. The van der Waals surface area contributed by atoms with Crippen molar-refractivity contribution in [3.05, 3.63) is 271 Å². The number of aliphatic hydroxyl groups excluding tert-OH is 2. The van der Waals surface area contributed by atoms with Gasteiger partial charge in [-0.25, -0.2) is 21.7 Å². The van der Waals surface area contributed by atoms with Crippen LogP contribution < -0.4 is 56.4 Å². The summed E-state index contributed by atoms with van der Waals surface area (Å²) in [5, 5.41) is 53.6. The van der Waals surface area contributed by atoms with Gasteiger partial charge in [-0.2, -0.15) is 20.4 Å². The highest BCUT2D eigenvalue weighted by atomic mass is 79.9. The van der Waals surface area contributed by atoms with Gasteiger partial charge in [0.1, 0.15) is 59.9 Å². The summed E-state index contributed by atoms with van der Waals surface area (Å²) in [7, 11) is 0. The van der Waals surface area contributed by atoms with Crippen molar-refractivity contribution < 1.29 is 82.1 Å². The van der Waals surface area contributed by atoms with Crippen LogP contribution in [0.25, 0.3) is 43.6 Å². The summed E-state index contributed by atoms with van der Waals surface area (Å²) in [5.41, 5.74) is 28.1. The van der Waals surface area contributed by atoms with Gasteiger partial charge in [0.25, 0.3) is 23.6 Å². The van der Waals surface area contributed by atoms with E-state index in [0.717, 1.165) is 126 Å². The number of amides is 8. The number of phenolic OH excluding ortho intramolecular Hbond substituents is 1. The molecule has 0 saturated carbocycles. The average molecular weight is 1990 g/mol. The number of hydrazone groups is 4. The minimum absolute atomic E-state index is 0.0425. The first kappa shape index (κ1) is 100. The average Bonchev–Trinajstić information content (AvgIpc) is 1.64. The van der Waals surface area contributed by atoms with E-state index in [1.54, 1.807) is 91.9 Å². The van der Waals surface area contributed by atoms with E-state index in [1.165, 1.54) is 21.3 Å². The summed E-state index contributed by atoms with van der Waals surface area (Å²) in [4.78, 5) is 102. The second-order valence-corrected chi connectivity index (χ2v) is 33.9. The van der Waals surface area contributed by atoms with Crippen molar-refractivity contribution in [2.24, 2.45) is 26.1 Å². The van der Waals surface area contributed by atoms with Gasteiger partial charge in [0.2, 0.25) is 23.6 Å². The van der Waals surface area contributed by atoms with Crippen LogP contribution in [0.4, 0.5) is 0 Å². The predicted octanol–water partition coefficient (Wildman–Crippen LogP) is 15.9. The van der Waals surface area contributed by atoms with Crippen molar-refractivity contribution in [1.82, 2.24) is 46.8 Å². The van der Waals surface area contributed by atoms with Gasteiger partial charge in [-0.05, 0) is 201 Å². The third-order valence-corrected chi connectivity index (χ3v) is 23.5. The lowest BCUT2D eigenvalue weighted by molar-refractivity contribution is -0.122. The molecule has 7 aliphatic heterocycles. The molecule has 19 rings (SSSR count). The molecule has 10 aromatic carbocycles. The summed E-state index contributed by atoms with van der Waals surface area (Å²) in [6.07, 6.45) is 6.50. The Kier molecular flexibility index (Phi) is 36.8. The Labute approximate surface area is 811 Å². The van der Waals surface area contributed by atoms with Gasteiger partial charge >= 0.3 is 0 Å². The van der Waals surface area contributed by atoms with Gasteiger partial charge in [0, 0.05) is 116 Å². The number of aliphatic hydroxyl groups is 2. The summed E-state index contributed by atoms with van der Waals surface area (Å²) in [6, 6.07) is 63.4. The van der Waals surface area contributed by atoms with Crippen LogP contribution in [0, 0.1) is 0 Å². The number of halogens is 5. The van der Waals surface area contributed by atoms with E-state index < -0.39 is 6.10 Å². The van der Waals surface area contributed by atoms with E-state index in [4.69, 9.17) is 85.7 Å². The van der Waals surface area contributed by atoms with Crippen molar-refractivity contribution in [2.75, 3.05) is 84.3 Å². The van der Waals surface area contributed by atoms with Crippen LogP contribution >= 0.6 is 62.3 Å². The number of hydrogen-bond acceptors (Lipinski definition) is 23. The summed E-state index contributed by atoms with van der Waals surface area (Å²) < 4.78 is 34.1. The van der Waals surface area contributed by atoms with Gasteiger partial charge in [0.05, 0.1) is 103 Å². The molecule has 8 amide bonds. The zero-order valence-electron chi connectivity index (χ0n) is 74.2. The molecule has 0 radical (unpaired) electrons. The lowest BCUT2D eigenvalue weighted by Gasteiger charge is -2.15. The zero-order valence-corrected chi connectivity index (χ0v) is 78.8. The first-order chi connectivity index (χ1) is 66.1. The number of H-pyrrole nitrogens is 2. The quantitative estimate of drug-likeness (QED) is 0.00897. The first-order valence-electron chi connectivity index (χ1n) is 44.3. The van der Waals surface area contributed by atoms with Crippen LogP contribution in [0.1, 0.15) is 148 Å². The molecule has 708 valence electrons. The highest BCUT2D eigenvalue weighted by Crippen LogP contribution is 2.37. The van der Waals surface area contributed by atoms with Crippen molar-refractivity contribution in [3.63, 3.8) is 0 Å². The van der Waals surface area contributed by atoms with Gasteiger partial charge in [-0.1, -0.05) is 135 Å². The number of hydrogen-bond donors (Lipinski definition) is 11. The van der Waals surface area contributed by atoms with E-state index in [1.807, 2.05) is 84.9 Å². The smallest absolute Gasteiger partial charge is 0.261 e. The molecule has 12 N–H and O–H groups in total. The summed E-state index contributed by atoms with van der Waals surface area (Å²) in [6.45, 7) is 7.37. The number of fused-ring (bicyclic) bond motifs is 8. The number of alkyl halides is 1. The van der Waals surface area contributed by atoms with Crippen LogP contribution in [0.3, 0.4) is 0 Å². The van der Waals surface area contributed by atoms with Crippen molar-refractivity contribution in [3.8, 4) is 34.5 Å². The third-order valence-electron chi connectivity index (χ3n) is 21.7. The monoisotopic (exact) mass is 1990 g/mol. The van der Waals surface area contributed by atoms with E-state index >= 15 is 0 Å². The number of ether oxygens (including phenoxy) is 6. The minimum Gasteiger partial charge on any atom is -0.506 e. The second-order valence-electron chi connectivity index (χ2n) is 31.5. The number of nitrogens with zero attached hydrogens (tertiary/aromatic N) is 6. The molecular weight excluding hydrogens is 1890 g/mol. The fourth-order valence-electron chi connectivity index (χ4n) is 14.8. The number of imide groups is 2. The number of nitrogens with two attached hydrogens (primary N) is 1. The number of carbonyl (C=O) groups is 8. The number of aromatic amines is 2. The maximum atomic E-state index is 12.3. The molecule has 0 spiro atoms. The molecule has 2 atom stereocenters. The highest BCUT2D eigenvalue weighted by Gasteiger charge is 2.36. The summed E-state index contributed by atoms with van der Waals surface area (Å²) in [5.74, 6) is 2.29. The molecule has 7 aliphatic rings.